The lowest BCUT2D eigenvalue weighted by Crippen LogP contribution is -2.05. The Morgan fingerprint density at radius 1 is 1.13 bits per heavy atom. The van der Waals surface area contributed by atoms with Gasteiger partial charge in [0.05, 0.1) is 10.6 Å². The van der Waals surface area contributed by atoms with Crippen molar-refractivity contribution in [1.82, 2.24) is 0 Å². The van der Waals surface area contributed by atoms with E-state index in [-0.39, 0.29) is 10.0 Å². The summed E-state index contributed by atoms with van der Waals surface area (Å²) in [5.74, 6) is 0. The highest BCUT2D eigenvalue weighted by Crippen LogP contribution is 2.35. The van der Waals surface area contributed by atoms with Crippen molar-refractivity contribution in [2.45, 2.75) is 6.18 Å². The lowest BCUT2D eigenvalue weighted by molar-refractivity contribution is -0.137. The normalized spacial score (nSPS) is 10.3. The minimum atomic E-state index is -4.42. The molecule has 0 spiro atoms. The topological polar surface area (TPSA) is 40.5 Å². The Balaban J connectivity index is 0.000000583. The van der Waals surface area contributed by atoms with E-state index in [1.165, 1.54) is 0 Å². The van der Waals surface area contributed by atoms with Crippen LogP contribution in [0.15, 0.2) is 18.2 Å². The summed E-state index contributed by atoms with van der Waals surface area (Å²) in [5.41, 5.74) is -0.867. The number of halogens is 5. The highest BCUT2D eigenvalue weighted by atomic mass is 35.5. The van der Waals surface area contributed by atoms with Crippen LogP contribution in [0.25, 0.3) is 0 Å². The molecule has 0 aliphatic heterocycles. The minimum Gasteiger partial charge on any atom is -0.430 e. The molecule has 1 rings (SSSR count). The molecule has 0 atom stereocenters. The van der Waals surface area contributed by atoms with Crippen LogP contribution in [0.5, 0.6) is 0 Å². The smallest absolute Gasteiger partial charge is 0.430 e. The Labute approximate surface area is 94.6 Å². The van der Waals surface area contributed by atoms with Gasteiger partial charge in [-0.3, -0.25) is 0 Å². The standard InChI is InChI=1S/C7H3Cl2F3.BH3O2/c8-4-1-2-5(6(9)3-4)7(10,11)12;2-1-3/h1-3H;1-3H. The molecule has 0 heterocycles. The summed E-state index contributed by atoms with van der Waals surface area (Å²) in [5, 5.41) is 14.1. The lowest BCUT2D eigenvalue weighted by Gasteiger charge is -2.07. The van der Waals surface area contributed by atoms with Gasteiger partial charge in [-0.1, -0.05) is 23.2 Å². The fourth-order valence-electron chi connectivity index (χ4n) is 0.719. The molecule has 0 fully saturated rings. The first-order valence-electron chi connectivity index (χ1n) is 3.57. The van der Waals surface area contributed by atoms with Crippen molar-refractivity contribution < 1.29 is 23.2 Å². The zero-order chi connectivity index (χ0) is 12.1. The second kappa shape index (κ2) is 6.22. The summed E-state index contributed by atoms with van der Waals surface area (Å²) in [6, 6.07) is 3.06. The predicted molar refractivity (Wildman–Crippen MR) is 53.1 cm³/mol. The summed E-state index contributed by atoms with van der Waals surface area (Å²) < 4.78 is 36.2. The van der Waals surface area contributed by atoms with Crippen LogP contribution in [0.2, 0.25) is 10.0 Å². The first kappa shape index (κ1) is 14.6. The molecule has 8 heteroatoms. The van der Waals surface area contributed by atoms with Crippen LogP contribution in [0.3, 0.4) is 0 Å². The van der Waals surface area contributed by atoms with Gasteiger partial charge in [0, 0.05) is 5.02 Å². The lowest BCUT2D eigenvalue weighted by atomic mass is 10.2. The molecule has 0 amide bonds. The van der Waals surface area contributed by atoms with Gasteiger partial charge in [0.2, 0.25) is 0 Å². The fraction of sp³-hybridized carbons (Fsp3) is 0.143. The zero-order valence-corrected chi connectivity index (χ0v) is 8.74. The molecule has 2 nitrogen and oxygen atoms in total. The van der Waals surface area contributed by atoms with E-state index in [1.54, 1.807) is 0 Å². The van der Waals surface area contributed by atoms with Crippen LogP contribution in [0.4, 0.5) is 13.2 Å². The molecule has 0 aliphatic rings. The van der Waals surface area contributed by atoms with Gasteiger partial charge in [0.15, 0.2) is 0 Å². The van der Waals surface area contributed by atoms with E-state index in [4.69, 9.17) is 33.2 Å². The van der Waals surface area contributed by atoms with E-state index in [0.29, 0.717) is 0 Å². The van der Waals surface area contributed by atoms with Crippen molar-refractivity contribution in [3.63, 3.8) is 0 Å². The second-order valence-corrected chi connectivity index (χ2v) is 3.11. The van der Waals surface area contributed by atoms with Crippen LogP contribution in [0.1, 0.15) is 5.56 Å². The summed E-state index contributed by atoms with van der Waals surface area (Å²) in [7, 11) is -0.750. The van der Waals surface area contributed by atoms with Gasteiger partial charge in [-0.25, -0.2) is 0 Å². The van der Waals surface area contributed by atoms with Crippen molar-refractivity contribution in [3.8, 4) is 0 Å². The van der Waals surface area contributed by atoms with Crippen molar-refractivity contribution in [3.05, 3.63) is 33.8 Å². The fourth-order valence-corrected chi connectivity index (χ4v) is 1.24. The highest BCUT2D eigenvalue weighted by Gasteiger charge is 2.32. The molecule has 1 aromatic rings. The van der Waals surface area contributed by atoms with Crippen LogP contribution in [-0.2, 0) is 6.18 Å². The van der Waals surface area contributed by atoms with Gasteiger partial charge in [-0.05, 0) is 18.2 Å². The number of hydrogen-bond donors (Lipinski definition) is 2. The number of rotatable bonds is 0. The van der Waals surface area contributed by atoms with Crippen LogP contribution >= 0.6 is 23.2 Å². The molecule has 1 aromatic carbocycles. The molecular formula is C7H6BCl2F3O2. The summed E-state index contributed by atoms with van der Waals surface area (Å²) in [6.07, 6.45) is -4.42. The summed E-state index contributed by atoms with van der Waals surface area (Å²) in [4.78, 5) is 0. The first-order chi connectivity index (χ1) is 6.82. The molecule has 0 saturated carbocycles. The van der Waals surface area contributed by atoms with Gasteiger partial charge in [-0.15, -0.1) is 0 Å². The van der Waals surface area contributed by atoms with E-state index < -0.39 is 19.4 Å². The molecule has 0 radical (unpaired) electrons. The monoisotopic (exact) mass is 260 g/mol. The summed E-state index contributed by atoms with van der Waals surface area (Å²) in [6.45, 7) is 0. The average Bonchev–Trinajstić information content (AvgIpc) is 2.02. The maximum absolute atomic E-state index is 12.1. The number of hydrogen-bond acceptors (Lipinski definition) is 2. The Bertz CT molecular complexity index is 320. The zero-order valence-electron chi connectivity index (χ0n) is 7.22. The molecule has 0 bridgehead atoms. The third-order valence-electron chi connectivity index (χ3n) is 1.24. The molecule has 0 aromatic heterocycles. The molecule has 0 unspecified atom stereocenters. The molecular weight excluding hydrogens is 255 g/mol. The van der Waals surface area contributed by atoms with Gasteiger partial charge >= 0.3 is 13.9 Å². The minimum absolute atomic E-state index is 0.188. The van der Waals surface area contributed by atoms with Gasteiger partial charge in [0.25, 0.3) is 0 Å². The van der Waals surface area contributed by atoms with Gasteiger partial charge in [0.1, 0.15) is 0 Å². The number of alkyl halides is 3. The Kier molecular flexibility index (Phi) is 6.05. The molecule has 84 valence electrons. The Morgan fingerprint density at radius 2 is 1.60 bits per heavy atom. The van der Waals surface area contributed by atoms with Gasteiger partial charge in [-0.2, -0.15) is 13.2 Å². The van der Waals surface area contributed by atoms with Crippen molar-refractivity contribution in [1.29, 1.82) is 0 Å². The predicted octanol–water partition coefficient (Wildman–Crippen LogP) is 2.25. The maximum Gasteiger partial charge on any atom is 0.432 e. The molecule has 15 heavy (non-hydrogen) atoms. The van der Waals surface area contributed by atoms with Crippen LogP contribution < -0.4 is 0 Å². The van der Waals surface area contributed by atoms with Crippen LogP contribution in [-0.4, -0.2) is 17.7 Å². The Hall–Kier alpha value is -0.425. The summed E-state index contributed by atoms with van der Waals surface area (Å²) >= 11 is 10.7. The van der Waals surface area contributed by atoms with Crippen molar-refractivity contribution >= 4 is 30.9 Å². The third kappa shape index (κ3) is 5.27. The van der Waals surface area contributed by atoms with E-state index in [1.807, 2.05) is 0 Å². The first-order valence-corrected chi connectivity index (χ1v) is 4.32. The van der Waals surface area contributed by atoms with Gasteiger partial charge < -0.3 is 10.0 Å². The highest BCUT2D eigenvalue weighted by molar-refractivity contribution is 6.35. The van der Waals surface area contributed by atoms with Crippen molar-refractivity contribution in [2.24, 2.45) is 0 Å². The largest absolute Gasteiger partial charge is 0.432 e. The molecule has 0 saturated heterocycles. The molecule has 0 aliphatic carbocycles. The Morgan fingerprint density at radius 3 is 1.93 bits per heavy atom. The van der Waals surface area contributed by atoms with E-state index >= 15 is 0 Å². The quantitative estimate of drug-likeness (QED) is 0.703. The van der Waals surface area contributed by atoms with E-state index in [9.17, 15) is 13.2 Å². The molecule has 2 N–H and O–H groups in total. The van der Waals surface area contributed by atoms with E-state index in [2.05, 4.69) is 0 Å². The maximum atomic E-state index is 12.1. The van der Waals surface area contributed by atoms with Crippen molar-refractivity contribution in [2.75, 3.05) is 0 Å². The van der Waals surface area contributed by atoms with E-state index in [0.717, 1.165) is 18.2 Å². The SMILES string of the molecule is FC(F)(F)c1ccc(Cl)cc1Cl.OBO. The average molecular weight is 261 g/mol. The number of benzene rings is 1. The third-order valence-corrected chi connectivity index (χ3v) is 1.78. The van der Waals surface area contributed by atoms with Crippen LogP contribution in [0, 0.1) is 0 Å². The second-order valence-electron chi connectivity index (χ2n) is 2.26.